The molecule has 0 saturated heterocycles. The van der Waals surface area contributed by atoms with Gasteiger partial charge >= 0.3 is 0 Å². The lowest BCUT2D eigenvalue weighted by molar-refractivity contribution is 0.0323. The summed E-state index contributed by atoms with van der Waals surface area (Å²) in [6, 6.07) is 3.73. The van der Waals surface area contributed by atoms with Gasteiger partial charge in [-0.3, -0.25) is 0 Å². The molecule has 102 valence electrons. The van der Waals surface area contributed by atoms with Crippen LogP contribution in [-0.2, 0) is 6.54 Å². The first-order valence-electron chi connectivity index (χ1n) is 6.02. The van der Waals surface area contributed by atoms with Crippen LogP contribution in [0.2, 0.25) is 0 Å². The highest BCUT2D eigenvalue weighted by Gasteiger charge is 2.21. The van der Waals surface area contributed by atoms with Crippen LogP contribution in [0, 0.1) is 0 Å². The molecule has 0 aromatic heterocycles. The van der Waals surface area contributed by atoms with E-state index < -0.39 is 5.60 Å². The van der Waals surface area contributed by atoms with Crippen LogP contribution >= 0.6 is 31.9 Å². The van der Waals surface area contributed by atoms with Crippen LogP contribution in [0.1, 0.15) is 32.3 Å². The van der Waals surface area contributed by atoms with Gasteiger partial charge in [0.2, 0.25) is 0 Å². The molecule has 1 aromatic carbocycles. The molecule has 0 radical (unpaired) electrons. The quantitative estimate of drug-likeness (QED) is 0.707. The maximum atomic E-state index is 10.1. The van der Waals surface area contributed by atoms with E-state index in [2.05, 4.69) is 37.2 Å². The van der Waals surface area contributed by atoms with E-state index >= 15 is 0 Å². The maximum absolute atomic E-state index is 10.1. The minimum absolute atomic E-state index is 0.206. The fraction of sp³-hybridized carbons (Fsp3) is 0.538. The highest BCUT2D eigenvalue weighted by atomic mass is 79.9. The Morgan fingerprint density at radius 3 is 2.11 bits per heavy atom. The topological polar surface area (TPSA) is 52.5 Å². The third-order valence-electron chi connectivity index (χ3n) is 3.18. The first-order valence-corrected chi connectivity index (χ1v) is 7.60. The van der Waals surface area contributed by atoms with E-state index in [4.69, 9.17) is 0 Å². The molecule has 0 aliphatic heterocycles. The zero-order valence-corrected chi connectivity index (χ0v) is 13.8. The minimum Gasteiger partial charge on any atom is -0.506 e. The maximum Gasteiger partial charge on any atom is 0.143 e. The molecule has 1 rings (SSSR count). The predicted molar refractivity (Wildman–Crippen MR) is 80.7 cm³/mol. The van der Waals surface area contributed by atoms with Crippen molar-refractivity contribution in [2.45, 2.75) is 38.8 Å². The number of phenolic OH excluding ortho intramolecular Hbond substituents is 1. The highest BCUT2D eigenvalue weighted by Crippen LogP contribution is 2.33. The van der Waals surface area contributed by atoms with Gasteiger partial charge in [-0.15, -0.1) is 0 Å². The Bertz CT molecular complexity index is 383. The molecule has 3 nitrogen and oxygen atoms in total. The van der Waals surface area contributed by atoms with Crippen molar-refractivity contribution in [3.63, 3.8) is 0 Å². The Morgan fingerprint density at radius 2 is 1.67 bits per heavy atom. The highest BCUT2D eigenvalue weighted by molar-refractivity contribution is 9.11. The molecule has 0 unspecified atom stereocenters. The second-order valence-corrected chi connectivity index (χ2v) is 6.15. The number of hydrogen-bond acceptors (Lipinski definition) is 3. The van der Waals surface area contributed by atoms with Gasteiger partial charge in [0.25, 0.3) is 0 Å². The molecule has 0 heterocycles. The second-order valence-electron chi connectivity index (χ2n) is 4.44. The number of hydrogen-bond donors (Lipinski definition) is 3. The van der Waals surface area contributed by atoms with E-state index in [1.165, 1.54) is 0 Å². The van der Waals surface area contributed by atoms with Crippen molar-refractivity contribution in [1.82, 2.24) is 5.32 Å². The van der Waals surface area contributed by atoms with Gasteiger partial charge in [-0.05, 0) is 62.4 Å². The lowest BCUT2D eigenvalue weighted by Crippen LogP contribution is -2.39. The van der Waals surface area contributed by atoms with Gasteiger partial charge < -0.3 is 15.5 Å². The minimum atomic E-state index is -0.634. The molecule has 18 heavy (non-hydrogen) atoms. The van der Waals surface area contributed by atoms with Crippen LogP contribution in [0.5, 0.6) is 5.75 Å². The van der Waals surface area contributed by atoms with Crippen LogP contribution in [-0.4, -0.2) is 22.4 Å². The number of benzene rings is 1. The summed E-state index contributed by atoms with van der Waals surface area (Å²) in [4.78, 5) is 0. The zero-order valence-electron chi connectivity index (χ0n) is 10.6. The molecule has 0 amide bonds. The molecule has 0 atom stereocenters. The summed E-state index contributed by atoms with van der Waals surface area (Å²) >= 11 is 6.60. The Kier molecular flexibility index (Phi) is 6.11. The van der Waals surface area contributed by atoms with Gasteiger partial charge in [0.05, 0.1) is 14.5 Å². The van der Waals surface area contributed by atoms with Crippen molar-refractivity contribution in [2.24, 2.45) is 0 Å². The molecule has 3 N–H and O–H groups in total. The number of aliphatic hydroxyl groups is 1. The molecule has 0 bridgehead atoms. The van der Waals surface area contributed by atoms with Crippen molar-refractivity contribution in [3.05, 3.63) is 26.6 Å². The SMILES string of the molecule is CCC(O)(CC)CNCc1cc(Br)c(O)c(Br)c1. The van der Waals surface area contributed by atoms with Crippen LogP contribution in [0.25, 0.3) is 0 Å². The Morgan fingerprint density at radius 1 is 1.17 bits per heavy atom. The van der Waals surface area contributed by atoms with Gasteiger partial charge in [0, 0.05) is 13.1 Å². The van der Waals surface area contributed by atoms with Gasteiger partial charge in [-0.25, -0.2) is 0 Å². The van der Waals surface area contributed by atoms with Gasteiger partial charge in [0.1, 0.15) is 5.75 Å². The summed E-state index contributed by atoms with van der Waals surface area (Å²) in [5.41, 5.74) is 0.409. The van der Waals surface area contributed by atoms with E-state index in [1.807, 2.05) is 26.0 Å². The zero-order chi connectivity index (χ0) is 13.8. The van der Waals surface area contributed by atoms with Crippen LogP contribution in [0.15, 0.2) is 21.1 Å². The first kappa shape index (κ1) is 16.0. The molecule has 5 heteroatoms. The summed E-state index contributed by atoms with van der Waals surface area (Å²) < 4.78 is 1.32. The second kappa shape index (κ2) is 6.89. The first-order chi connectivity index (χ1) is 8.41. The van der Waals surface area contributed by atoms with Gasteiger partial charge in [-0.2, -0.15) is 0 Å². The van der Waals surface area contributed by atoms with Crippen LogP contribution in [0.4, 0.5) is 0 Å². The monoisotopic (exact) mass is 379 g/mol. The van der Waals surface area contributed by atoms with Crippen molar-refractivity contribution in [3.8, 4) is 5.75 Å². The molecule has 1 aromatic rings. The van der Waals surface area contributed by atoms with Crippen molar-refractivity contribution in [2.75, 3.05) is 6.54 Å². The smallest absolute Gasteiger partial charge is 0.143 e. The number of halogens is 2. The Hall–Kier alpha value is -0.100. The van der Waals surface area contributed by atoms with Gasteiger partial charge in [-0.1, -0.05) is 13.8 Å². The van der Waals surface area contributed by atoms with Crippen LogP contribution in [0.3, 0.4) is 0 Å². The average molecular weight is 381 g/mol. The summed E-state index contributed by atoms with van der Waals surface area (Å²) in [6.45, 7) is 5.19. The summed E-state index contributed by atoms with van der Waals surface area (Å²) in [7, 11) is 0. The van der Waals surface area contributed by atoms with E-state index in [0.29, 0.717) is 22.0 Å². The van der Waals surface area contributed by atoms with E-state index in [9.17, 15) is 10.2 Å². The van der Waals surface area contributed by atoms with Crippen molar-refractivity contribution >= 4 is 31.9 Å². The normalized spacial score (nSPS) is 11.8. The third-order valence-corrected chi connectivity index (χ3v) is 4.39. The number of nitrogens with one attached hydrogen (secondary N) is 1. The Labute approximate surface area is 125 Å². The third kappa shape index (κ3) is 4.23. The predicted octanol–water partition coefficient (Wildman–Crippen LogP) is 3.56. The fourth-order valence-corrected chi connectivity index (χ4v) is 2.94. The number of phenols is 1. The molecule has 0 fully saturated rings. The number of rotatable bonds is 6. The van der Waals surface area contributed by atoms with Gasteiger partial charge in [0.15, 0.2) is 0 Å². The molecule has 0 aliphatic rings. The van der Waals surface area contributed by atoms with E-state index in [1.54, 1.807) is 0 Å². The standard InChI is InChI=1S/C13H19Br2NO2/c1-3-13(18,4-2)8-16-7-9-5-10(14)12(17)11(15)6-9/h5-6,16-18H,3-4,7-8H2,1-2H3. The summed E-state index contributed by atoms with van der Waals surface area (Å²) in [5, 5.41) is 23.0. The summed E-state index contributed by atoms with van der Waals surface area (Å²) in [5.74, 6) is 0.206. The fourth-order valence-electron chi connectivity index (χ4n) is 1.66. The molecule has 0 spiro atoms. The Balaban J connectivity index is 2.60. The van der Waals surface area contributed by atoms with E-state index in [-0.39, 0.29) is 5.75 Å². The van der Waals surface area contributed by atoms with Crippen molar-refractivity contribution in [1.29, 1.82) is 0 Å². The number of aromatic hydroxyl groups is 1. The lowest BCUT2D eigenvalue weighted by atomic mass is 9.97. The largest absolute Gasteiger partial charge is 0.506 e. The average Bonchev–Trinajstić information content (AvgIpc) is 2.35. The summed E-state index contributed by atoms with van der Waals surface area (Å²) in [6.07, 6.45) is 1.47. The van der Waals surface area contributed by atoms with Crippen LogP contribution < -0.4 is 5.32 Å². The molecular weight excluding hydrogens is 362 g/mol. The van der Waals surface area contributed by atoms with E-state index in [0.717, 1.165) is 18.4 Å². The molecule has 0 saturated carbocycles. The molecule has 0 aliphatic carbocycles. The molecular formula is C13H19Br2NO2. The lowest BCUT2D eigenvalue weighted by Gasteiger charge is -2.25. The van der Waals surface area contributed by atoms with Crippen molar-refractivity contribution < 1.29 is 10.2 Å².